The van der Waals surface area contributed by atoms with E-state index in [1.165, 1.54) is 24.8 Å². The molecule has 2 aromatic heterocycles. The Morgan fingerprint density at radius 1 is 1.19 bits per heavy atom. The highest BCUT2D eigenvalue weighted by molar-refractivity contribution is 5.92. The van der Waals surface area contributed by atoms with Crippen molar-refractivity contribution in [3.05, 3.63) is 54.4 Å². The third-order valence-corrected chi connectivity index (χ3v) is 5.85. The molecule has 4 rings (SSSR count). The molecule has 0 N–H and O–H groups in total. The number of carbonyl (C=O) groups is 1. The lowest BCUT2D eigenvalue weighted by Crippen LogP contribution is -2.43. The van der Waals surface area contributed by atoms with Crippen LogP contribution in [0.15, 0.2) is 43.1 Å². The van der Waals surface area contributed by atoms with Crippen molar-refractivity contribution in [1.29, 1.82) is 0 Å². The van der Waals surface area contributed by atoms with E-state index in [1.54, 1.807) is 18.6 Å². The van der Waals surface area contributed by atoms with Crippen molar-refractivity contribution in [2.24, 2.45) is 11.8 Å². The average molecular weight is 351 g/mol. The van der Waals surface area contributed by atoms with Crippen LogP contribution < -0.4 is 0 Å². The molecule has 26 heavy (non-hydrogen) atoms. The molecule has 136 valence electrons. The Labute approximate surface area is 154 Å². The van der Waals surface area contributed by atoms with E-state index in [2.05, 4.69) is 33.0 Å². The molecular formula is C20H25N5O. The van der Waals surface area contributed by atoms with Crippen LogP contribution in [0.2, 0.25) is 0 Å². The van der Waals surface area contributed by atoms with Crippen molar-refractivity contribution in [3.63, 3.8) is 0 Å². The minimum Gasteiger partial charge on any atom is -0.337 e. The fourth-order valence-electron chi connectivity index (χ4n) is 4.62. The number of pyridine rings is 1. The van der Waals surface area contributed by atoms with Gasteiger partial charge in [-0.05, 0) is 43.4 Å². The summed E-state index contributed by atoms with van der Waals surface area (Å²) in [6.45, 7) is 2.57. The van der Waals surface area contributed by atoms with E-state index in [0.29, 0.717) is 23.6 Å². The van der Waals surface area contributed by atoms with Crippen molar-refractivity contribution >= 4 is 5.91 Å². The number of rotatable bonds is 4. The molecule has 1 saturated carbocycles. The molecule has 0 spiro atoms. The molecule has 0 unspecified atom stereocenters. The monoisotopic (exact) mass is 351 g/mol. The highest BCUT2D eigenvalue weighted by Crippen LogP contribution is 2.39. The average Bonchev–Trinajstić information content (AvgIpc) is 3.13. The van der Waals surface area contributed by atoms with Crippen LogP contribution in [0.5, 0.6) is 0 Å². The number of aromatic nitrogens is 3. The molecule has 1 amide bonds. The van der Waals surface area contributed by atoms with E-state index in [-0.39, 0.29) is 5.91 Å². The fourth-order valence-corrected chi connectivity index (χ4v) is 4.62. The predicted octanol–water partition coefficient (Wildman–Crippen LogP) is 2.24. The summed E-state index contributed by atoms with van der Waals surface area (Å²) in [6, 6.07) is 4.63. The summed E-state index contributed by atoms with van der Waals surface area (Å²) in [6.07, 6.45) is 12.1. The molecule has 2 aliphatic rings. The number of carbonyl (C=O) groups excluding carboxylic acids is 1. The molecule has 0 aromatic carbocycles. The number of hydrogen-bond acceptors (Lipinski definition) is 5. The highest BCUT2D eigenvalue weighted by atomic mass is 16.2. The van der Waals surface area contributed by atoms with Crippen LogP contribution in [0, 0.1) is 11.8 Å². The molecule has 1 aliphatic heterocycles. The van der Waals surface area contributed by atoms with E-state index in [9.17, 15) is 4.79 Å². The van der Waals surface area contributed by atoms with Gasteiger partial charge in [0.25, 0.3) is 5.91 Å². The van der Waals surface area contributed by atoms with E-state index in [1.807, 2.05) is 23.4 Å². The largest absolute Gasteiger partial charge is 0.337 e. The summed E-state index contributed by atoms with van der Waals surface area (Å²) < 4.78 is 0. The quantitative estimate of drug-likeness (QED) is 0.845. The number of nitrogens with zero attached hydrogens (tertiary/aromatic N) is 5. The summed E-state index contributed by atoms with van der Waals surface area (Å²) in [5.74, 6) is 1.14. The number of fused-ring (bicyclic) bond motifs is 1. The summed E-state index contributed by atoms with van der Waals surface area (Å²) in [5.41, 5.74) is 1.69. The van der Waals surface area contributed by atoms with Gasteiger partial charge >= 0.3 is 0 Å². The molecule has 3 atom stereocenters. The Kier molecular flexibility index (Phi) is 4.93. The maximum Gasteiger partial charge on any atom is 0.274 e. The Bertz CT molecular complexity index is 738. The Hall–Kier alpha value is -2.34. The molecular weight excluding hydrogens is 326 g/mol. The Morgan fingerprint density at radius 2 is 2.08 bits per heavy atom. The third kappa shape index (κ3) is 3.46. The zero-order valence-electron chi connectivity index (χ0n) is 15.2. The van der Waals surface area contributed by atoms with Gasteiger partial charge in [0.05, 0.1) is 6.20 Å². The van der Waals surface area contributed by atoms with Crippen molar-refractivity contribution in [3.8, 4) is 0 Å². The first-order chi connectivity index (χ1) is 12.7. The van der Waals surface area contributed by atoms with Crippen LogP contribution in [0.1, 0.15) is 35.3 Å². The zero-order valence-corrected chi connectivity index (χ0v) is 15.2. The van der Waals surface area contributed by atoms with Gasteiger partial charge in [-0.3, -0.25) is 19.7 Å². The number of likely N-dealkylation sites (tertiary alicyclic amines) is 1. The second-order valence-corrected chi connectivity index (χ2v) is 7.50. The molecule has 0 bridgehead atoms. The van der Waals surface area contributed by atoms with Crippen LogP contribution in [0.4, 0.5) is 0 Å². The second-order valence-electron chi connectivity index (χ2n) is 7.50. The molecule has 0 radical (unpaired) electrons. The lowest BCUT2D eigenvalue weighted by Gasteiger charge is -2.39. The molecule has 6 heteroatoms. The topological polar surface area (TPSA) is 62.2 Å². The first kappa shape index (κ1) is 17.1. The summed E-state index contributed by atoms with van der Waals surface area (Å²) in [7, 11) is 2.20. The van der Waals surface area contributed by atoms with E-state index >= 15 is 0 Å². The van der Waals surface area contributed by atoms with Crippen molar-refractivity contribution in [2.75, 3.05) is 20.1 Å². The summed E-state index contributed by atoms with van der Waals surface area (Å²) in [5, 5.41) is 0. The van der Waals surface area contributed by atoms with E-state index < -0.39 is 0 Å². The highest BCUT2D eigenvalue weighted by Gasteiger charge is 2.43. The zero-order chi connectivity index (χ0) is 17.9. The van der Waals surface area contributed by atoms with Gasteiger partial charge in [-0.25, -0.2) is 4.98 Å². The smallest absolute Gasteiger partial charge is 0.274 e. The Morgan fingerprint density at radius 3 is 2.85 bits per heavy atom. The molecule has 1 aliphatic carbocycles. The van der Waals surface area contributed by atoms with Crippen molar-refractivity contribution < 1.29 is 4.79 Å². The fraction of sp³-hybridized carbons (Fsp3) is 0.500. The standard InChI is InChI=1S/C20H25N5O/c1-24(12-15-4-3-7-21-10-15)19-6-2-5-16-13-25(14-17(16)19)20(26)18-11-22-8-9-23-18/h3-4,7-11,16-17,19H,2,5-6,12-14H2,1H3/t16-,17+,19+/m1/s1. The lowest BCUT2D eigenvalue weighted by atomic mass is 9.77. The second kappa shape index (κ2) is 7.50. The normalized spacial score (nSPS) is 25.3. The van der Waals surface area contributed by atoms with Gasteiger partial charge in [0.2, 0.25) is 0 Å². The number of hydrogen-bond donors (Lipinski definition) is 0. The van der Waals surface area contributed by atoms with Gasteiger partial charge in [0.15, 0.2) is 0 Å². The molecule has 6 nitrogen and oxygen atoms in total. The van der Waals surface area contributed by atoms with Crippen LogP contribution in [-0.4, -0.2) is 56.8 Å². The minimum atomic E-state index is 0.0150. The van der Waals surface area contributed by atoms with E-state index in [4.69, 9.17) is 0 Å². The SMILES string of the molecule is CN(Cc1cccnc1)[C@H]1CCC[C@@H]2CN(C(=O)c3cnccn3)C[C@@H]21. The van der Waals surface area contributed by atoms with Gasteiger partial charge in [0.1, 0.15) is 5.69 Å². The summed E-state index contributed by atoms with van der Waals surface area (Å²) in [4.78, 5) is 29.6. The van der Waals surface area contributed by atoms with Crippen LogP contribution >= 0.6 is 0 Å². The van der Waals surface area contributed by atoms with Gasteiger partial charge < -0.3 is 4.90 Å². The van der Waals surface area contributed by atoms with Crippen molar-refractivity contribution in [2.45, 2.75) is 31.8 Å². The van der Waals surface area contributed by atoms with Crippen molar-refractivity contribution in [1.82, 2.24) is 24.8 Å². The van der Waals surface area contributed by atoms with Crippen LogP contribution in [0.3, 0.4) is 0 Å². The first-order valence-corrected chi connectivity index (χ1v) is 9.37. The maximum absolute atomic E-state index is 12.8. The number of amides is 1. The third-order valence-electron chi connectivity index (χ3n) is 5.85. The van der Waals surface area contributed by atoms with Crippen LogP contribution in [0.25, 0.3) is 0 Å². The molecule has 2 fully saturated rings. The van der Waals surface area contributed by atoms with Gasteiger partial charge in [-0.1, -0.05) is 12.5 Å². The minimum absolute atomic E-state index is 0.0150. The summed E-state index contributed by atoms with van der Waals surface area (Å²) >= 11 is 0. The van der Waals surface area contributed by atoms with Gasteiger partial charge in [-0.2, -0.15) is 0 Å². The van der Waals surface area contributed by atoms with Gasteiger partial charge in [-0.15, -0.1) is 0 Å². The Balaban J connectivity index is 1.45. The molecule has 3 heterocycles. The maximum atomic E-state index is 12.8. The molecule has 1 saturated heterocycles. The lowest BCUT2D eigenvalue weighted by molar-refractivity contribution is 0.0764. The van der Waals surface area contributed by atoms with Gasteiger partial charge in [0, 0.05) is 50.5 Å². The van der Waals surface area contributed by atoms with Crippen LogP contribution in [-0.2, 0) is 6.54 Å². The predicted molar refractivity (Wildman–Crippen MR) is 98.3 cm³/mol. The first-order valence-electron chi connectivity index (χ1n) is 9.37. The molecule has 2 aromatic rings. The van der Waals surface area contributed by atoms with E-state index in [0.717, 1.165) is 19.6 Å².